The monoisotopic (exact) mass is 315 g/mol. The topological polar surface area (TPSA) is 68.0 Å². The van der Waals surface area contributed by atoms with E-state index in [0.29, 0.717) is 5.01 Å². The third-order valence-corrected chi connectivity index (χ3v) is 3.75. The average molecular weight is 315 g/mol. The Morgan fingerprint density at radius 1 is 1.43 bits per heavy atom. The number of hydrogen-bond donors (Lipinski definition) is 2. The van der Waals surface area contributed by atoms with Crippen LogP contribution in [0.4, 0.5) is 18.9 Å². The molecule has 0 aliphatic heterocycles. The third kappa shape index (κ3) is 3.52. The first kappa shape index (κ1) is 15.3. The molecular formula is C13H12F3N3OS. The molecule has 2 aromatic rings. The van der Waals surface area contributed by atoms with Crippen molar-refractivity contribution in [3.05, 3.63) is 45.9 Å². The third-order valence-electron chi connectivity index (χ3n) is 2.79. The molecule has 0 aliphatic carbocycles. The van der Waals surface area contributed by atoms with Crippen molar-refractivity contribution in [2.45, 2.75) is 19.1 Å². The highest BCUT2D eigenvalue weighted by molar-refractivity contribution is 7.09. The molecule has 1 aromatic heterocycles. The summed E-state index contributed by atoms with van der Waals surface area (Å²) in [6.07, 6.45) is -3.01. The van der Waals surface area contributed by atoms with E-state index in [1.807, 2.05) is 0 Å². The first-order chi connectivity index (χ1) is 9.79. The second-order valence-corrected chi connectivity index (χ2v) is 5.29. The molecule has 21 heavy (non-hydrogen) atoms. The molecule has 1 aromatic carbocycles. The first-order valence-electron chi connectivity index (χ1n) is 5.96. The Balaban J connectivity index is 2.20. The predicted molar refractivity (Wildman–Crippen MR) is 73.9 cm³/mol. The van der Waals surface area contributed by atoms with Crippen LogP contribution in [0.2, 0.25) is 0 Å². The molecule has 3 N–H and O–H groups in total. The molecule has 1 heterocycles. The molecule has 0 aliphatic rings. The number of thiazole rings is 1. The highest BCUT2D eigenvalue weighted by Gasteiger charge is 2.33. The second kappa shape index (κ2) is 5.72. The highest BCUT2D eigenvalue weighted by atomic mass is 32.1. The minimum absolute atomic E-state index is 0.0973. The zero-order chi connectivity index (χ0) is 15.6. The lowest BCUT2D eigenvalue weighted by Crippen LogP contribution is -2.27. The zero-order valence-corrected chi connectivity index (χ0v) is 11.8. The summed E-state index contributed by atoms with van der Waals surface area (Å²) in [7, 11) is 0. The second-order valence-electron chi connectivity index (χ2n) is 4.37. The SMILES string of the molecule is CC(NC(=O)c1ccc(N)c(C(F)(F)F)c1)c1nccs1. The summed E-state index contributed by atoms with van der Waals surface area (Å²) in [6, 6.07) is 2.70. The number of aromatic nitrogens is 1. The molecule has 2 rings (SSSR count). The van der Waals surface area contributed by atoms with Crippen LogP contribution in [0.3, 0.4) is 0 Å². The number of amides is 1. The molecule has 4 nitrogen and oxygen atoms in total. The van der Waals surface area contributed by atoms with Crippen LogP contribution in [0.25, 0.3) is 0 Å². The predicted octanol–water partition coefficient (Wildman–Crippen LogP) is 3.24. The van der Waals surface area contributed by atoms with Gasteiger partial charge in [-0.25, -0.2) is 4.98 Å². The van der Waals surface area contributed by atoms with Crippen LogP contribution in [-0.2, 0) is 6.18 Å². The fourth-order valence-electron chi connectivity index (χ4n) is 1.73. The fraction of sp³-hybridized carbons (Fsp3) is 0.231. The number of benzene rings is 1. The highest BCUT2D eigenvalue weighted by Crippen LogP contribution is 2.34. The van der Waals surface area contributed by atoms with E-state index in [1.165, 1.54) is 17.4 Å². The minimum Gasteiger partial charge on any atom is -0.398 e. The normalized spacial score (nSPS) is 13.0. The number of anilines is 1. The van der Waals surface area contributed by atoms with Crippen molar-refractivity contribution in [2.24, 2.45) is 0 Å². The number of carbonyl (C=O) groups excluding carboxylic acids is 1. The molecule has 112 valence electrons. The average Bonchev–Trinajstić information content (AvgIpc) is 2.91. The summed E-state index contributed by atoms with van der Waals surface area (Å²) < 4.78 is 38.3. The molecule has 1 amide bonds. The Hall–Kier alpha value is -2.09. The van der Waals surface area contributed by atoms with Crippen LogP contribution < -0.4 is 11.1 Å². The molecule has 0 radical (unpaired) electrons. The van der Waals surface area contributed by atoms with Gasteiger partial charge < -0.3 is 11.1 Å². The number of alkyl halides is 3. The number of carbonyl (C=O) groups is 1. The van der Waals surface area contributed by atoms with Crippen LogP contribution >= 0.6 is 11.3 Å². The Labute approximate surface area is 122 Å². The minimum atomic E-state index is -4.60. The number of nitrogens with one attached hydrogen (secondary N) is 1. The summed E-state index contributed by atoms with van der Waals surface area (Å²) in [5.74, 6) is -0.608. The molecule has 0 saturated carbocycles. The largest absolute Gasteiger partial charge is 0.418 e. The van der Waals surface area contributed by atoms with Gasteiger partial charge in [0.05, 0.1) is 11.6 Å². The number of nitrogen functional groups attached to an aromatic ring is 1. The van der Waals surface area contributed by atoms with E-state index in [0.717, 1.165) is 12.1 Å². The van der Waals surface area contributed by atoms with Gasteiger partial charge in [0, 0.05) is 22.8 Å². The van der Waals surface area contributed by atoms with Gasteiger partial charge in [-0.2, -0.15) is 13.2 Å². The van der Waals surface area contributed by atoms with E-state index in [1.54, 1.807) is 18.5 Å². The van der Waals surface area contributed by atoms with Crippen molar-refractivity contribution in [1.82, 2.24) is 10.3 Å². The molecule has 0 saturated heterocycles. The van der Waals surface area contributed by atoms with Crippen molar-refractivity contribution >= 4 is 22.9 Å². The van der Waals surface area contributed by atoms with Crippen molar-refractivity contribution in [2.75, 3.05) is 5.73 Å². The van der Waals surface area contributed by atoms with Crippen LogP contribution in [0, 0.1) is 0 Å². The number of halogens is 3. The summed E-state index contributed by atoms with van der Waals surface area (Å²) in [5, 5.41) is 5.03. The van der Waals surface area contributed by atoms with E-state index in [2.05, 4.69) is 10.3 Å². The van der Waals surface area contributed by atoms with Crippen molar-refractivity contribution in [3.63, 3.8) is 0 Å². The lowest BCUT2D eigenvalue weighted by Gasteiger charge is -2.14. The smallest absolute Gasteiger partial charge is 0.398 e. The van der Waals surface area contributed by atoms with Crippen LogP contribution in [-0.4, -0.2) is 10.9 Å². The molecule has 0 bridgehead atoms. The van der Waals surface area contributed by atoms with Crippen LogP contribution in [0.5, 0.6) is 0 Å². The van der Waals surface area contributed by atoms with Gasteiger partial charge in [-0.05, 0) is 25.1 Å². The van der Waals surface area contributed by atoms with E-state index >= 15 is 0 Å². The fourth-order valence-corrected chi connectivity index (χ4v) is 2.38. The van der Waals surface area contributed by atoms with Gasteiger partial charge in [0.1, 0.15) is 5.01 Å². The number of nitrogens with two attached hydrogens (primary N) is 1. The van der Waals surface area contributed by atoms with E-state index in [-0.39, 0.29) is 11.6 Å². The Morgan fingerprint density at radius 3 is 2.71 bits per heavy atom. The van der Waals surface area contributed by atoms with E-state index in [9.17, 15) is 18.0 Å². The summed E-state index contributed by atoms with van der Waals surface area (Å²) in [6.45, 7) is 1.71. The van der Waals surface area contributed by atoms with Crippen molar-refractivity contribution in [1.29, 1.82) is 0 Å². The molecule has 0 spiro atoms. The van der Waals surface area contributed by atoms with Gasteiger partial charge >= 0.3 is 6.18 Å². The number of hydrogen-bond acceptors (Lipinski definition) is 4. The van der Waals surface area contributed by atoms with Gasteiger partial charge in [-0.1, -0.05) is 0 Å². The van der Waals surface area contributed by atoms with E-state index < -0.39 is 23.3 Å². The van der Waals surface area contributed by atoms with Crippen molar-refractivity contribution < 1.29 is 18.0 Å². The zero-order valence-electron chi connectivity index (χ0n) is 10.9. The Kier molecular flexibility index (Phi) is 4.17. The number of rotatable bonds is 3. The van der Waals surface area contributed by atoms with Crippen LogP contribution in [0.15, 0.2) is 29.8 Å². The lowest BCUT2D eigenvalue weighted by atomic mass is 10.1. The summed E-state index contributed by atoms with van der Waals surface area (Å²) >= 11 is 1.35. The molecule has 0 fully saturated rings. The van der Waals surface area contributed by atoms with Gasteiger partial charge in [0.2, 0.25) is 0 Å². The van der Waals surface area contributed by atoms with E-state index in [4.69, 9.17) is 5.73 Å². The Morgan fingerprint density at radius 2 is 2.14 bits per heavy atom. The standard InChI is InChI=1S/C13H12F3N3OS/c1-7(12-18-4-5-21-12)19-11(20)8-2-3-10(17)9(6-8)13(14,15)16/h2-7H,17H2,1H3,(H,19,20). The maximum absolute atomic E-state index is 12.8. The summed E-state index contributed by atoms with van der Waals surface area (Å²) in [5.41, 5.74) is 3.77. The van der Waals surface area contributed by atoms with Gasteiger partial charge in [0.25, 0.3) is 5.91 Å². The quantitative estimate of drug-likeness (QED) is 0.855. The number of nitrogens with zero attached hydrogens (tertiary/aromatic N) is 1. The van der Waals surface area contributed by atoms with Gasteiger partial charge in [-0.3, -0.25) is 4.79 Å². The van der Waals surface area contributed by atoms with Gasteiger partial charge in [0.15, 0.2) is 0 Å². The van der Waals surface area contributed by atoms with Gasteiger partial charge in [-0.15, -0.1) is 11.3 Å². The first-order valence-corrected chi connectivity index (χ1v) is 6.84. The molecule has 1 unspecified atom stereocenters. The molecular weight excluding hydrogens is 303 g/mol. The molecule has 8 heteroatoms. The Bertz CT molecular complexity index is 641. The van der Waals surface area contributed by atoms with Crippen molar-refractivity contribution in [3.8, 4) is 0 Å². The molecule has 1 atom stereocenters. The maximum atomic E-state index is 12.8. The maximum Gasteiger partial charge on any atom is 0.418 e. The van der Waals surface area contributed by atoms with Crippen LogP contribution in [0.1, 0.15) is 33.9 Å². The lowest BCUT2D eigenvalue weighted by molar-refractivity contribution is -0.136. The summed E-state index contributed by atoms with van der Waals surface area (Å²) in [4.78, 5) is 16.0.